The predicted octanol–water partition coefficient (Wildman–Crippen LogP) is 2.89. The Kier molecular flexibility index (Phi) is 6.56. The number of carbonyl (C=O) groups excluding carboxylic acids is 1. The Bertz CT molecular complexity index is 1080. The molecule has 9 heteroatoms. The molecule has 1 fully saturated rings. The summed E-state index contributed by atoms with van der Waals surface area (Å²) in [4.78, 5) is 30.0. The molecule has 1 aromatic carbocycles. The molecule has 1 aliphatic rings. The number of nitrogens with one attached hydrogen (secondary N) is 1. The number of carbonyl (C=O) groups is 1. The van der Waals surface area contributed by atoms with Crippen molar-refractivity contribution in [1.82, 2.24) is 14.9 Å². The molecule has 2 aromatic rings. The van der Waals surface area contributed by atoms with Gasteiger partial charge in [-0.3, -0.25) is 14.2 Å². The van der Waals surface area contributed by atoms with Gasteiger partial charge in [-0.15, -0.1) is 6.42 Å². The fraction of sp³-hybridized carbons (Fsp3) is 0.409. The number of nitrogens with zero attached hydrogens (tertiary/aromatic N) is 2. The van der Waals surface area contributed by atoms with E-state index in [0.29, 0.717) is 24.1 Å². The number of halogens is 3. The molecule has 0 saturated heterocycles. The van der Waals surface area contributed by atoms with Crippen molar-refractivity contribution in [3.63, 3.8) is 0 Å². The number of alkyl halides is 3. The molecule has 0 aliphatic heterocycles. The van der Waals surface area contributed by atoms with Crippen LogP contribution in [0.5, 0.6) is 0 Å². The van der Waals surface area contributed by atoms with E-state index in [1.807, 2.05) is 19.1 Å². The van der Waals surface area contributed by atoms with Crippen LogP contribution in [0.3, 0.4) is 0 Å². The summed E-state index contributed by atoms with van der Waals surface area (Å²) >= 11 is 0. The van der Waals surface area contributed by atoms with Crippen LogP contribution in [0, 0.1) is 19.3 Å². The third kappa shape index (κ3) is 5.74. The highest BCUT2D eigenvalue weighted by Crippen LogP contribution is 2.34. The summed E-state index contributed by atoms with van der Waals surface area (Å²) in [6.45, 7) is 1.56. The molecule has 0 radical (unpaired) electrons. The smallest absolute Gasteiger partial charge is 0.338 e. The minimum Gasteiger partial charge on any atom is -0.338 e. The van der Waals surface area contributed by atoms with Gasteiger partial charge in [0, 0.05) is 18.4 Å². The molecule has 1 amide bonds. The van der Waals surface area contributed by atoms with E-state index in [2.05, 4.69) is 25.5 Å². The number of hydrogen-bond acceptors (Lipinski definition) is 3. The van der Waals surface area contributed by atoms with E-state index in [4.69, 9.17) is 6.42 Å². The number of rotatable bonds is 7. The van der Waals surface area contributed by atoms with E-state index in [0.717, 1.165) is 10.1 Å². The highest BCUT2D eigenvalue weighted by atomic mass is 31.0. The SMILES string of the molecule is C#CC1(NC(=O)Cn2c(CCCC(F)(F)F)nc(-c3ccc(C)cc3)c(P)c2=O)CC1. The zero-order valence-corrected chi connectivity index (χ0v) is 18.2. The van der Waals surface area contributed by atoms with Gasteiger partial charge in [0.05, 0.1) is 11.0 Å². The third-order valence-corrected chi connectivity index (χ3v) is 5.70. The van der Waals surface area contributed by atoms with Gasteiger partial charge in [0.2, 0.25) is 5.91 Å². The summed E-state index contributed by atoms with van der Waals surface area (Å²) in [5.41, 5.74) is 0.891. The van der Waals surface area contributed by atoms with Crippen molar-refractivity contribution in [1.29, 1.82) is 0 Å². The van der Waals surface area contributed by atoms with Crippen molar-refractivity contribution in [2.45, 2.75) is 57.3 Å². The topological polar surface area (TPSA) is 64.0 Å². The standard InChI is InChI=1S/C22H23F3N3O2P/c1-3-21(11-12-21)27-17(29)13-28-16(5-4-10-22(23,24)25)26-18(19(31)20(28)30)15-8-6-14(2)7-9-15/h1,6-9H,4-5,10-13,31H2,2H3,(H,27,29). The fourth-order valence-corrected chi connectivity index (χ4v) is 3.61. The summed E-state index contributed by atoms with van der Waals surface area (Å²) < 4.78 is 39.1. The van der Waals surface area contributed by atoms with Gasteiger partial charge < -0.3 is 5.32 Å². The largest absolute Gasteiger partial charge is 0.389 e. The quantitative estimate of drug-likeness (QED) is 0.522. The first kappa shape index (κ1) is 23.0. The molecule has 1 heterocycles. The van der Waals surface area contributed by atoms with Gasteiger partial charge in [-0.1, -0.05) is 45.0 Å². The van der Waals surface area contributed by atoms with Crippen LogP contribution < -0.4 is 16.2 Å². The van der Waals surface area contributed by atoms with Gasteiger partial charge >= 0.3 is 6.18 Å². The number of hydrogen-bond donors (Lipinski definition) is 1. The molecule has 31 heavy (non-hydrogen) atoms. The van der Waals surface area contributed by atoms with Crippen molar-refractivity contribution in [2.24, 2.45) is 0 Å². The molecular formula is C22H23F3N3O2P. The summed E-state index contributed by atoms with van der Waals surface area (Å²) in [6, 6.07) is 7.31. The van der Waals surface area contributed by atoms with Crippen LogP contribution in [0.1, 0.15) is 37.1 Å². The van der Waals surface area contributed by atoms with Crippen LogP contribution in [0.2, 0.25) is 0 Å². The van der Waals surface area contributed by atoms with Gasteiger partial charge in [0.1, 0.15) is 17.9 Å². The first-order chi connectivity index (χ1) is 14.5. The lowest BCUT2D eigenvalue weighted by Crippen LogP contribution is -2.43. The molecule has 3 rings (SSSR count). The van der Waals surface area contributed by atoms with Crippen LogP contribution in [0.4, 0.5) is 13.2 Å². The summed E-state index contributed by atoms with van der Waals surface area (Å²) in [6.07, 6.45) is 1.10. The molecule has 5 nitrogen and oxygen atoms in total. The highest BCUT2D eigenvalue weighted by molar-refractivity contribution is 7.27. The van der Waals surface area contributed by atoms with Gasteiger partial charge in [0.25, 0.3) is 5.56 Å². The maximum atomic E-state index is 13.1. The number of terminal acetylenes is 1. The summed E-state index contributed by atoms with van der Waals surface area (Å²) in [5.74, 6) is 2.20. The van der Waals surface area contributed by atoms with Crippen molar-refractivity contribution < 1.29 is 18.0 Å². The third-order valence-electron chi connectivity index (χ3n) is 5.18. The van der Waals surface area contributed by atoms with Gasteiger partial charge in [0.15, 0.2) is 0 Å². The Morgan fingerprint density at radius 1 is 1.32 bits per heavy atom. The maximum absolute atomic E-state index is 13.1. The predicted molar refractivity (Wildman–Crippen MR) is 116 cm³/mol. The highest BCUT2D eigenvalue weighted by Gasteiger charge is 2.42. The molecule has 1 N–H and O–H groups in total. The molecule has 1 saturated carbocycles. The van der Waals surface area contributed by atoms with E-state index < -0.39 is 29.6 Å². The first-order valence-corrected chi connectivity index (χ1v) is 10.4. The number of benzene rings is 1. The van der Waals surface area contributed by atoms with Crippen LogP contribution in [0.25, 0.3) is 11.3 Å². The Hall–Kier alpha value is -2.65. The molecule has 1 aromatic heterocycles. The minimum atomic E-state index is -4.31. The fourth-order valence-electron chi connectivity index (χ4n) is 3.23. The van der Waals surface area contributed by atoms with Crippen molar-refractivity contribution in [2.75, 3.05) is 0 Å². The second-order valence-electron chi connectivity index (χ2n) is 7.79. The molecule has 1 atom stereocenters. The second kappa shape index (κ2) is 8.84. The van der Waals surface area contributed by atoms with Crippen LogP contribution in [0.15, 0.2) is 29.1 Å². The Morgan fingerprint density at radius 2 is 1.97 bits per heavy atom. The van der Waals surface area contributed by atoms with E-state index >= 15 is 0 Å². The Labute approximate surface area is 180 Å². The number of amides is 1. The lowest BCUT2D eigenvalue weighted by atomic mass is 10.1. The normalized spacial score (nSPS) is 14.7. The molecule has 164 valence electrons. The first-order valence-electron chi connectivity index (χ1n) is 9.85. The number of aromatic nitrogens is 2. The maximum Gasteiger partial charge on any atom is 0.389 e. The van der Waals surface area contributed by atoms with E-state index in [1.165, 1.54) is 0 Å². The zero-order valence-electron chi connectivity index (χ0n) is 17.1. The Morgan fingerprint density at radius 3 is 2.52 bits per heavy atom. The zero-order chi connectivity index (χ0) is 22.8. The van der Waals surface area contributed by atoms with Gasteiger partial charge in [-0.2, -0.15) is 13.2 Å². The van der Waals surface area contributed by atoms with E-state index in [9.17, 15) is 22.8 Å². The average Bonchev–Trinajstić information content (AvgIpc) is 3.47. The molecular weight excluding hydrogens is 426 g/mol. The van der Waals surface area contributed by atoms with Crippen molar-refractivity contribution in [3.05, 3.63) is 46.0 Å². The molecule has 0 bridgehead atoms. The van der Waals surface area contributed by atoms with Crippen LogP contribution >= 0.6 is 9.24 Å². The number of aryl methyl sites for hydroxylation is 2. The Balaban J connectivity index is 1.96. The monoisotopic (exact) mass is 449 g/mol. The van der Waals surface area contributed by atoms with E-state index in [-0.39, 0.29) is 30.5 Å². The van der Waals surface area contributed by atoms with Gasteiger partial charge in [-0.25, -0.2) is 4.98 Å². The minimum absolute atomic E-state index is 0.0912. The van der Waals surface area contributed by atoms with Gasteiger partial charge in [-0.05, 0) is 26.2 Å². The van der Waals surface area contributed by atoms with E-state index in [1.54, 1.807) is 12.1 Å². The summed E-state index contributed by atoms with van der Waals surface area (Å²) in [5, 5.41) is 2.97. The van der Waals surface area contributed by atoms with Crippen LogP contribution in [-0.4, -0.2) is 27.2 Å². The molecule has 1 aliphatic carbocycles. The molecule has 0 spiro atoms. The van der Waals surface area contributed by atoms with Crippen molar-refractivity contribution >= 4 is 20.5 Å². The second-order valence-corrected chi connectivity index (χ2v) is 8.37. The van der Waals surface area contributed by atoms with Crippen molar-refractivity contribution in [3.8, 4) is 23.6 Å². The molecule has 1 unspecified atom stereocenters. The lowest BCUT2D eigenvalue weighted by Gasteiger charge is -2.17. The average molecular weight is 449 g/mol. The van der Waals surface area contributed by atoms with Crippen LogP contribution in [-0.2, 0) is 17.8 Å². The lowest BCUT2D eigenvalue weighted by molar-refractivity contribution is -0.135. The summed E-state index contributed by atoms with van der Waals surface area (Å²) in [7, 11) is 2.34.